The number of benzene rings is 2. The van der Waals surface area contributed by atoms with Crippen LogP contribution in [-0.2, 0) is 19.6 Å². The lowest BCUT2D eigenvalue weighted by Crippen LogP contribution is -2.25. The summed E-state index contributed by atoms with van der Waals surface area (Å²) in [5, 5.41) is 0.782. The maximum Gasteiger partial charge on any atom is 0.231 e. The van der Waals surface area contributed by atoms with Crippen LogP contribution in [0.2, 0.25) is 5.02 Å². The molecule has 3 aromatic rings. The van der Waals surface area contributed by atoms with E-state index < -0.39 is 0 Å². The van der Waals surface area contributed by atoms with Crippen LogP contribution >= 0.6 is 11.6 Å². The molecule has 0 atom stereocenters. The monoisotopic (exact) mass is 413 g/mol. The highest BCUT2D eigenvalue weighted by Gasteiger charge is 2.20. The van der Waals surface area contributed by atoms with E-state index in [1.807, 2.05) is 42.9 Å². The van der Waals surface area contributed by atoms with Crippen molar-refractivity contribution in [1.82, 2.24) is 14.5 Å². The van der Waals surface area contributed by atoms with Crippen LogP contribution in [0.4, 0.5) is 0 Å². The smallest absolute Gasteiger partial charge is 0.231 e. The SMILES string of the molecule is COc1cc2c(cc1CN(CCCn1ccnc1)Cc1ccccc1Cl)OCO2. The molecule has 0 saturated heterocycles. The topological polar surface area (TPSA) is 48.8 Å². The summed E-state index contributed by atoms with van der Waals surface area (Å²) in [6.45, 7) is 3.53. The molecule has 1 aromatic heterocycles. The molecule has 2 heterocycles. The Morgan fingerprint density at radius 2 is 1.93 bits per heavy atom. The van der Waals surface area contributed by atoms with Crippen molar-refractivity contribution in [2.24, 2.45) is 0 Å². The first-order chi connectivity index (χ1) is 14.2. The Labute approximate surface area is 175 Å². The molecule has 6 nitrogen and oxygen atoms in total. The lowest BCUT2D eigenvalue weighted by Gasteiger charge is -2.24. The number of fused-ring (bicyclic) bond motifs is 1. The van der Waals surface area contributed by atoms with Crippen LogP contribution in [0, 0.1) is 0 Å². The molecule has 0 radical (unpaired) electrons. The van der Waals surface area contributed by atoms with Crippen molar-refractivity contribution in [1.29, 1.82) is 0 Å². The molecule has 0 fully saturated rings. The van der Waals surface area contributed by atoms with Gasteiger partial charge in [-0.05, 0) is 24.1 Å². The molecule has 0 spiro atoms. The van der Waals surface area contributed by atoms with Crippen molar-refractivity contribution >= 4 is 11.6 Å². The minimum atomic E-state index is 0.246. The van der Waals surface area contributed by atoms with Gasteiger partial charge in [0.2, 0.25) is 6.79 Å². The van der Waals surface area contributed by atoms with Gasteiger partial charge >= 0.3 is 0 Å². The number of aryl methyl sites for hydroxylation is 1. The number of hydrogen-bond donors (Lipinski definition) is 0. The highest BCUT2D eigenvalue weighted by atomic mass is 35.5. The first-order valence-corrected chi connectivity index (χ1v) is 9.99. The molecule has 4 rings (SSSR count). The van der Waals surface area contributed by atoms with Gasteiger partial charge in [-0.3, -0.25) is 4.90 Å². The van der Waals surface area contributed by atoms with Crippen molar-refractivity contribution in [3.05, 3.63) is 71.3 Å². The number of ether oxygens (including phenoxy) is 3. The van der Waals surface area contributed by atoms with Gasteiger partial charge in [0.1, 0.15) is 5.75 Å². The summed E-state index contributed by atoms with van der Waals surface area (Å²) >= 11 is 6.42. The number of nitrogens with zero attached hydrogens (tertiary/aromatic N) is 3. The fraction of sp³-hybridized carbons (Fsp3) is 0.318. The van der Waals surface area contributed by atoms with Crippen LogP contribution < -0.4 is 14.2 Å². The van der Waals surface area contributed by atoms with Crippen LogP contribution in [0.5, 0.6) is 17.2 Å². The standard InChI is InChI=1S/C22H24ClN3O3/c1-27-20-12-22-21(28-16-29-22)11-18(20)14-26(9-4-8-25-10-7-24-15-25)13-17-5-2-3-6-19(17)23/h2-3,5-7,10-12,15H,4,8-9,13-14,16H2,1H3. The summed E-state index contributed by atoms with van der Waals surface area (Å²) in [4.78, 5) is 6.49. The van der Waals surface area contributed by atoms with Gasteiger partial charge in [-0.15, -0.1) is 0 Å². The molecule has 29 heavy (non-hydrogen) atoms. The number of hydrogen-bond acceptors (Lipinski definition) is 5. The van der Waals surface area contributed by atoms with E-state index in [4.69, 9.17) is 25.8 Å². The van der Waals surface area contributed by atoms with Crippen LogP contribution in [-0.4, -0.2) is 34.9 Å². The van der Waals surface area contributed by atoms with E-state index >= 15 is 0 Å². The quantitative estimate of drug-likeness (QED) is 0.521. The lowest BCUT2D eigenvalue weighted by atomic mass is 10.1. The molecule has 0 N–H and O–H groups in total. The second-order valence-corrected chi connectivity index (χ2v) is 7.38. The highest BCUT2D eigenvalue weighted by molar-refractivity contribution is 6.31. The fourth-order valence-electron chi connectivity index (χ4n) is 3.50. The zero-order valence-corrected chi connectivity index (χ0v) is 17.1. The average molecular weight is 414 g/mol. The Balaban J connectivity index is 1.52. The Morgan fingerprint density at radius 3 is 2.69 bits per heavy atom. The summed E-state index contributed by atoms with van der Waals surface area (Å²) in [5.74, 6) is 2.29. The molecule has 1 aliphatic rings. The van der Waals surface area contributed by atoms with E-state index in [1.165, 1.54) is 0 Å². The predicted octanol–water partition coefficient (Wildman–Crippen LogP) is 4.37. The highest BCUT2D eigenvalue weighted by Crippen LogP contribution is 2.38. The molecule has 7 heteroatoms. The largest absolute Gasteiger partial charge is 0.496 e. The zero-order valence-electron chi connectivity index (χ0n) is 16.4. The van der Waals surface area contributed by atoms with Crippen LogP contribution in [0.15, 0.2) is 55.1 Å². The average Bonchev–Trinajstić information content (AvgIpc) is 3.40. The van der Waals surface area contributed by atoms with Crippen molar-refractivity contribution in [3.8, 4) is 17.2 Å². The Kier molecular flexibility index (Phi) is 6.22. The number of rotatable bonds is 9. The maximum atomic E-state index is 6.42. The van der Waals surface area contributed by atoms with E-state index in [1.54, 1.807) is 13.3 Å². The first-order valence-electron chi connectivity index (χ1n) is 9.61. The van der Waals surface area contributed by atoms with Crippen molar-refractivity contribution in [2.75, 3.05) is 20.4 Å². The van der Waals surface area contributed by atoms with Crippen LogP contribution in [0.1, 0.15) is 17.5 Å². The van der Waals surface area contributed by atoms with E-state index in [2.05, 4.69) is 20.5 Å². The Bertz CT molecular complexity index is 946. The molecule has 0 amide bonds. The Morgan fingerprint density at radius 1 is 1.14 bits per heavy atom. The lowest BCUT2D eigenvalue weighted by molar-refractivity contribution is 0.173. The van der Waals surface area contributed by atoms with Gasteiger partial charge < -0.3 is 18.8 Å². The van der Waals surface area contributed by atoms with Crippen LogP contribution in [0.3, 0.4) is 0 Å². The van der Waals surface area contributed by atoms with E-state index in [-0.39, 0.29) is 6.79 Å². The molecule has 0 unspecified atom stereocenters. The molecule has 0 saturated carbocycles. The molecule has 2 aromatic carbocycles. The van der Waals surface area contributed by atoms with E-state index in [0.29, 0.717) is 0 Å². The van der Waals surface area contributed by atoms with Crippen molar-refractivity contribution < 1.29 is 14.2 Å². The summed E-state index contributed by atoms with van der Waals surface area (Å²) in [6.07, 6.45) is 6.63. The third-order valence-corrected chi connectivity index (χ3v) is 5.34. The number of aromatic nitrogens is 2. The fourth-order valence-corrected chi connectivity index (χ4v) is 3.69. The minimum absolute atomic E-state index is 0.246. The maximum absolute atomic E-state index is 6.42. The first kappa shape index (κ1) is 19.6. The number of halogens is 1. The molecule has 0 aliphatic carbocycles. The van der Waals surface area contributed by atoms with Gasteiger partial charge in [-0.25, -0.2) is 4.98 Å². The van der Waals surface area contributed by atoms with Gasteiger partial charge in [-0.2, -0.15) is 0 Å². The molecular weight excluding hydrogens is 390 g/mol. The van der Waals surface area contributed by atoms with Gasteiger partial charge in [0, 0.05) is 55.2 Å². The molecular formula is C22H24ClN3O3. The second-order valence-electron chi connectivity index (χ2n) is 6.97. The summed E-state index contributed by atoms with van der Waals surface area (Å²) in [5.41, 5.74) is 2.17. The van der Waals surface area contributed by atoms with E-state index in [0.717, 1.165) is 66.0 Å². The Hall–Kier alpha value is -2.70. The molecule has 1 aliphatic heterocycles. The minimum Gasteiger partial charge on any atom is -0.496 e. The van der Waals surface area contributed by atoms with Gasteiger partial charge in [0.15, 0.2) is 11.5 Å². The summed E-state index contributed by atoms with van der Waals surface area (Å²) < 4.78 is 18.7. The number of imidazole rings is 1. The second kappa shape index (κ2) is 9.20. The summed E-state index contributed by atoms with van der Waals surface area (Å²) in [7, 11) is 1.68. The molecule has 0 bridgehead atoms. The predicted molar refractivity (Wildman–Crippen MR) is 112 cm³/mol. The van der Waals surface area contributed by atoms with Crippen molar-refractivity contribution in [2.45, 2.75) is 26.1 Å². The number of methoxy groups -OCH3 is 1. The van der Waals surface area contributed by atoms with Gasteiger partial charge in [-0.1, -0.05) is 29.8 Å². The third-order valence-electron chi connectivity index (χ3n) is 4.97. The van der Waals surface area contributed by atoms with Gasteiger partial charge in [0.05, 0.1) is 13.4 Å². The molecule has 152 valence electrons. The van der Waals surface area contributed by atoms with Crippen LogP contribution in [0.25, 0.3) is 0 Å². The normalized spacial score (nSPS) is 12.5. The summed E-state index contributed by atoms with van der Waals surface area (Å²) in [6, 6.07) is 11.9. The van der Waals surface area contributed by atoms with E-state index in [9.17, 15) is 0 Å². The van der Waals surface area contributed by atoms with Gasteiger partial charge in [0.25, 0.3) is 0 Å². The third kappa shape index (κ3) is 4.83. The van der Waals surface area contributed by atoms with Crippen molar-refractivity contribution in [3.63, 3.8) is 0 Å². The zero-order chi connectivity index (χ0) is 20.1.